The van der Waals surface area contributed by atoms with Crippen LogP contribution in [-0.4, -0.2) is 0 Å². The SMILES string of the molecule is c1cc(-c2ccc3c(c2)sc2cc4c(cc23)sc2ccccc24)cc(-c2c3ccccc3c(-c3ccc4ccccc4c3)c3ccccc23)c1. The van der Waals surface area contributed by atoms with Crippen molar-refractivity contribution in [1.82, 2.24) is 0 Å². The van der Waals surface area contributed by atoms with Crippen LogP contribution in [0.25, 0.3) is 106 Å². The molecule has 50 heavy (non-hydrogen) atoms. The Labute approximate surface area is 297 Å². The Hall–Kier alpha value is -5.80. The average molecular weight is 669 g/mol. The molecule has 0 amide bonds. The number of benzene rings is 9. The first kappa shape index (κ1) is 28.1. The number of hydrogen-bond donors (Lipinski definition) is 0. The van der Waals surface area contributed by atoms with E-state index < -0.39 is 0 Å². The number of rotatable bonds is 3. The van der Waals surface area contributed by atoms with Gasteiger partial charge < -0.3 is 0 Å². The van der Waals surface area contributed by atoms with Crippen molar-refractivity contribution in [2.45, 2.75) is 0 Å². The molecule has 0 aliphatic carbocycles. The zero-order valence-electron chi connectivity index (χ0n) is 27.0. The van der Waals surface area contributed by atoms with Crippen molar-refractivity contribution in [2.75, 3.05) is 0 Å². The van der Waals surface area contributed by atoms with Gasteiger partial charge in [0.05, 0.1) is 0 Å². The second-order valence-corrected chi connectivity index (χ2v) is 15.4. The Morgan fingerprint density at radius 1 is 0.240 bits per heavy atom. The van der Waals surface area contributed by atoms with Crippen molar-refractivity contribution < 1.29 is 0 Å². The minimum Gasteiger partial charge on any atom is -0.135 e. The summed E-state index contributed by atoms with van der Waals surface area (Å²) in [6.45, 7) is 0. The molecule has 0 fully saturated rings. The summed E-state index contributed by atoms with van der Waals surface area (Å²) in [5.74, 6) is 0. The van der Waals surface area contributed by atoms with E-state index in [1.165, 1.54) is 106 Å². The zero-order chi connectivity index (χ0) is 32.8. The van der Waals surface area contributed by atoms with Gasteiger partial charge in [0.25, 0.3) is 0 Å². The Bertz CT molecular complexity index is 3100. The van der Waals surface area contributed by atoms with Gasteiger partial charge in [-0.15, -0.1) is 22.7 Å². The summed E-state index contributed by atoms with van der Waals surface area (Å²) in [4.78, 5) is 0. The van der Waals surface area contributed by atoms with Crippen LogP contribution in [0.15, 0.2) is 170 Å². The molecule has 0 radical (unpaired) electrons. The van der Waals surface area contributed by atoms with E-state index in [-0.39, 0.29) is 0 Å². The van der Waals surface area contributed by atoms with Crippen LogP contribution >= 0.6 is 22.7 Å². The molecule has 0 N–H and O–H groups in total. The van der Waals surface area contributed by atoms with E-state index in [9.17, 15) is 0 Å². The minimum atomic E-state index is 1.24. The molecule has 0 unspecified atom stereocenters. The highest BCUT2D eigenvalue weighted by atomic mass is 32.1. The topological polar surface area (TPSA) is 0 Å². The van der Waals surface area contributed by atoms with Crippen molar-refractivity contribution in [2.24, 2.45) is 0 Å². The fraction of sp³-hybridized carbons (Fsp3) is 0. The Morgan fingerprint density at radius 3 is 1.42 bits per heavy atom. The fourth-order valence-electron chi connectivity index (χ4n) is 8.12. The van der Waals surface area contributed by atoms with E-state index in [0.717, 1.165) is 0 Å². The molecular formula is C48H28S2. The van der Waals surface area contributed by atoms with E-state index in [1.807, 2.05) is 22.7 Å². The lowest BCUT2D eigenvalue weighted by Crippen LogP contribution is -1.91. The molecular weight excluding hydrogens is 641 g/mol. The second kappa shape index (κ2) is 10.9. The summed E-state index contributed by atoms with van der Waals surface area (Å²) in [6, 6.07) is 63.2. The van der Waals surface area contributed by atoms with Crippen molar-refractivity contribution in [3.05, 3.63) is 170 Å². The van der Waals surface area contributed by atoms with Crippen molar-refractivity contribution in [3.8, 4) is 33.4 Å². The number of fused-ring (bicyclic) bond motifs is 9. The Morgan fingerprint density at radius 2 is 0.720 bits per heavy atom. The molecule has 0 atom stereocenters. The maximum atomic E-state index is 2.41. The molecule has 2 heterocycles. The van der Waals surface area contributed by atoms with Crippen LogP contribution in [0.5, 0.6) is 0 Å². The van der Waals surface area contributed by atoms with E-state index in [4.69, 9.17) is 0 Å². The molecule has 11 aromatic rings. The van der Waals surface area contributed by atoms with Gasteiger partial charge >= 0.3 is 0 Å². The molecule has 11 rings (SSSR count). The molecule has 2 aromatic heterocycles. The first-order valence-corrected chi connectivity index (χ1v) is 18.7. The molecule has 0 bridgehead atoms. The molecule has 0 nitrogen and oxygen atoms in total. The van der Waals surface area contributed by atoms with Gasteiger partial charge in [0.2, 0.25) is 0 Å². The molecule has 9 aromatic carbocycles. The standard InChI is InChI=1S/C48H28S2/c1-2-11-30-24-34(21-20-29(30)10-1)48-39-17-5-3-15-37(39)47(38-16-4-6-18-40(38)48)33-13-9-12-31(25-33)32-22-23-36-42-28-45-41(27-46(42)50-44(36)26-32)35-14-7-8-19-43(35)49-45/h1-28H. The first-order valence-electron chi connectivity index (χ1n) is 17.1. The van der Waals surface area contributed by atoms with E-state index in [1.54, 1.807) is 0 Å². The van der Waals surface area contributed by atoms with Crippen LogP contribution in [0.3, 0.4) is 0 Å². The fourth-order valence-corrected chi connectivity index (χ4v) is 10.4. The van der Waals surface area contributed by atoms with Crippen LogP contribution < -0.4 is 0 Å². The largest absolute Gasteiger partial charge is 0.135 e. The molecule has 0 saturated heterocycles. The van der Waals surface area contributed by atoms with Crippen LogP contribution in [-0.2, 0) is 0 Å². The number of thiophene rings is 2. The molecule has 232 valence electrons. The van der Waals surface area contributed by atoms with Gasteiger partial charge in [0.1, 0.15) is 0 Å². The maximum absolute atomic E-state index is 2.41. The van der Waals surface area contributed by atoms with E-state index in [2.05, 4.69) is 170 Å². The summed E-state index contributed by atoms with van der Waals surface area (Å²) in [5, 5.41) is 13.1. The summed E-state index contributed by atoms with van der Waals surface area (Å²) < 4.78 is 5.41. The lowest BCUT2D eigenvalue weighted by Gasteiger charge is -2.18. The highest BCUT2D eigenvalue weighted by molar-refractivity contribution is 7.27. The quantitative estimate of drug-likeness (QED) is 0.164. The predicted molar refractivity (Wildman–Crippen MR) is 221 cm³/mol. The lowest BCUT2D eigenvalue weighted by atomic mass is 9.85. The third-order valence-electron chi connectivity index (χ3n) is 10.4. The lowest BCUT2D eigenvalue weighted by molar-refractivity contribution is 1.63. The van der Waals surface area contributed by atoms with Gasteiger partial charge in [0.15, 0.2) is 0 Å². The molecule has 2 heteroatoms. The Balaban J connectivity index is 1.08. The van der Waals surface area contributed by atoms with Crippen LogP contribution in [0.1, 0.15) is 0 Å². The van der Waals surface area contributed by atoms with Gasteiger partial charge in [-0.3, -0.25) is 0 Å². The predicted octanol–water partition coefficient (Wildman–Crippen LogP) is 14.9. The highest BCUT2D eigenvalue weighted by Crippen LogP contribution is 2.46. The van der Waals surface area contributed by atoms with Crippen LogP contribution in [0.4, 0.5) is 0 Å². The monoisotopic (exact) mass is 668 g/mol. The summed E-state index contributed by atoms with van der Waals surface area (Å²) in [7, 11) is 0. The van der Waals surface area contributed by atoms with E-state index >= 15 is 0 Å². The summed E-state index contributed by atoms with van der Waals surface area (Å²) in [6.07, 6.45) is 0. The highest BCUT2D eigenvalue weighted by Gasteiger charge is 2.18. The zero-order valence-corrected chi connectivity index (χ0v) is 28.6. The van der Waals surface area contributed by atoms with Crippen molar-refractivity contribution in [3.63, 3.8) is 0 Å². The third kappa shape index (κ3) is 4.23. The van der Waals surface area contributed by atoms with Gasteiger partial charge in [-0.2, -0.15) is 0 Å². The van der Waals surface area contributed by atoms with Gasteiger partial charge in [-0.1, -0.05) is 133 Å². The third-order valence-corrected chi connectivity index (χ3v) is 12.7. The van der Waals surface area contributed by atoms with Crippen LogP contribution in [0, 0.1) is 0 Å². The van der Waals surface area contributed by atoms with Crippen LogP contribution in [0.2, 0.25) is 0 Å². The first-order chi connectivity index (χ1) is 24.8. The van der Waals surface area contributed by atoms with Gasteiger partial charge in [-0.05, 0) is 102 Å². The molecule has 0 aliphatic heterocycles. The maximum Gasteiger partial charge on any atom is 0.0362 e. The van der Waals surface area contributed by atoms with Crippen molar-refractivity contribution >= 4 is 95.3 Å². The Kier molecular flexibility index (Phi) is 6.09. The second-order valence-electron chi connectivity index (χ2n) is 13.2. The average Bonchev–Trinajstić information content (AvgIpc) is 3.72. The smallest absolute Gasteiger partial charge is 0.0362 e. The summed E-state index contributed by atoms with van der Waals surface area (Å²) in [5.41, 5.74) is 7.56. The van der Waals surface area contributed by atoms with Gasteiger partial charge in [-0.25, -0.2) is 0 Å². The van der Waals surface area contributed by atoms with E-state index in [0.29, 0.717) is 0 Å². The number of hydrogen-bond acceptors (Lipinski definition) is 2. The minimum absolute atomic E-state index is 1.24. The molecule has 0 spiro atoms. The molecule has 0 aliphatic rings. The normalized spacial score (nSPS) is 12.0. The summed E-state index contributed by atoms with van der Waals surface area (Å²) >= 11 is 3.80. The molecule has 0 saturated carbocycles. The van der Waals surface area contributed by atoms with Crippen molar-refractivity contribution in [1.29, 1.82) is 0 Å². The van der Waals surface area contributed by atoms with Gasteiger partial charge in [0, 0.05) is 40.3 Å².